The van der Waals surface area contributed by atoms with Crippen molar-refractivity contribution in [3.63, 3.8) is 0 Å². The number of nitrogens with one attached hydrogen (secondary N) is 2. The molecule has 2 N–H and O–H groups in total. The summed E-state index contributed by atoms with van der Waals surface area (Å²) in [6, 6.07) is 1.02. The summed E-state index contributed by atoms with van der Waals surface area (Å²) in [6.07, 6.45) is 2.40. The van der Waals surface area contributed by atoms with Gasteiger partial charge in [-0.05, 0) is 67.2 Å². The summed E-state index contributed by atoms with van der Waals surface area (Å²) >= 11 is 0. The molecule has 0 aliphatic carbocycles. The third-order valence-electron chi connectivity index (χ3n) is 4.34. The summed E-state index contributed by atoms with van der Waals surface area (Å²) < 4.78 is 0. The highest BCUT2D eigenvalue weighted by Gasteiger charge is 2.07. The van der Waals surface area contributed by atoms with Gasteiger partial charge in [-0.1, -0.05) is 13.8 Å². The first-order valence-electron chi connectivity index (χ1n) is 9.41. The Kier molecular flexibility index (Phi) is 17.9. The van der Waals surface area contributed by atoms with E-state index >= 15 is 0 Å². The van der Waals surface area contributed by atoms with Crippen LogP contribution >= 0.6 is 24.0 Å². The number of aliphatic imine (C=N–C) groups is 1. The van der Waals surface area contributed by atoms with Crippen LogP contribution in [0.15, 0.2) is 4.99 Å². The van der Waals surface area contributed by atoms with Gasteiger partial charge >= 0.3 is 0 Å². The number of rotatable bonds is 12. The molecule has 0 amide bonds. The lowest BCUT2D eigenvalue weighted by atomic mass is 10.2. The fourth-order valence-corrected chi connectivity index (χ4v) is 2.36. The molecule has 5 nitrogen and oxygen atoms in total. The molecule has 146 valence electrons. The van der Waals surface area contributed by atoms with Crippen LogP contribution in [0.2, 0.25) is 0 Å². The minimum atomic E-state index is 0. The number of guanidine groups is 1. The molecule has 0 aromatic heterocycles. The minimum Gasteiger partial charge on any atom is -0.357 e. The average molecular weight is 455 g/mol. The van der Waals surface area contributed by atoms with E-state index in [0.29, 0.717) is 12.1 Å². The molecule has 0 aliphatic heterocycles. The second-order valence-electron chi connectivity index (χ2n) is 6.55. The molecule has 6 heteroatoms. The lowest BCUT2D eigenvalue weighted by Gasteiger charge is -2.22. The third kappa shape index (κ3) is 13.2. The SMILES string of the molecule is CCNC(=NCCN(C)C(C)C)NC(C)CCCN(CC)CC.I. The van der Waals surface area contributed by atoms with Crippen LogP contribution in [0.1, 0.15) is 54.4 Å². The molecule has 0 aromatic carbocycles. The van der Waals surface area contributed by atoms with Crippen molar-refractivity contribution in [1.82, 2.24) is 20.4 Å². The second-order valence-corrected chi connectivity index (χ2v) is 6.55. The Bertz CT molecular complexity index is 306. The van der Waals surface area contributed by atoms with Gasteiger partial charge in [-0.2, -0.15) is 0 Å². The molecule has 0 aromatic rings. The van der Waals surface area contributed by atoms with E-state index in [0.717, 1.165) is 38.7 Å². The Balaban J connectivity index is 0. The van der Waals surface area contributed by atoms with E-state index in [1.807, 2.05) is 0 Å². The van der Waals surface area contributed by atoms with Crippen molar-refractivity contribution < 1.29 is 0 Å². The van der Waals surface area contributed by atoms with Crippen LogP contribution in [0, 0.1) is 0 Å². The fourth-order valence-electron chi connectivity index (χ4n) is 2.36. The Morgan fingerprint density at radius 1 is 1.04 bits per heavy atom. The molecule has 1 atom stereocenters. The molecule has 0 bridgehead atoms. The van der Waals surface area contributed by atoms with Crippen LogP contribution in [-0.2, 0) is 0 Å². The van der Waals surface area contributed by atoms with Gasteiger partial charge in [0, 0.05) is 25.2 Å². The first-order chi connectivity index (χ1) is 10.9. The van der Waals surface area contributed by atoms with Gasteiger partial charge in [-0.3, -0.25) is 4.99 Å². The first-order valence-corrected chi connectivity index (χ1v) is 9.41. The molecule has 0 saturated heterocycles. The Labute approximate surface area is 168 Å². The lowest BCUT2D eigenvalue weighted by molar-refractivity contribution is 0.282. The monoisotopic (exact) mass is 455 g/mol. The number of likely N-dealkylation sites (N-methyl/N-ethyl adjacent to an activating group) is 1. The van der Waals surface area contributed by atoms with E-state index in [2.05, 4.69) is 69.0 Å². The van der Waals surface area contributed by atoms with Gasteiger partial charge < -0.3 is 20.4 Å². The van der Waals surface area contributed by atoms with Gasteiger partial charge in [0.15, 0.2) is 5.96 Å². The van der Waals surface area contributed by atoms with Crippen LogP contribution in [0.5, 0.6) is 0 Å². The quantitative estimate of drug-likeness (QED) is 0.270. The molecule has 1 unspecified atom stereocenters. The molecule has 24 heavy (non-hydrogen) atoms. The van der Waals surface area contributed by atoms with E-state index in [1.54, 1.807) is 0 Å². The Morgan fingerprint density at radius 3 is 2.17 bits per heavy atom. The largest absolute Gasteiger partial charge is 0.357 e. The summed E-state index contributed by atoms with van der Waals surface area (Å²) in [7, 11) is 2.15. The molecular formula is C18H42IN5. The predicted molar refractivity (Wildman–Crippen MR) is 119 cm³/mol. The smallest absolute Gasteiger partial charge is 0.191 e. The molecule has 0 spiro atoms. The van der Waals surface area contributed by atoms with Gasteiger partial charge in [0.05, 0.1) is 6.54 Å². The maximum absolute atomic E-state index is 4.69. The van der Waals surface area contributed by atoms with E-state index in [4.69, 9.17) is 4.99 Å². The zero-order chi connectivity index (χ0) is 17.7. The molecule has 0 fully saturated rings. The second kappa shape index (κ2) is 16.4. The highest BCUT2D eigenvalue weighted by Crippen LogP contribution is 2.00. The summed E-state index contributed by atoms with van der Waals surface area (Å²) in [6.45, 7) is 19.4. The maximum Gasteiger partial charge on any atom is 0.191 e. The first kappa shape index (κ1) is 26.2. The van der Waals surface area contributed by atoms with Gasteiger partial charge in [-0.25, -0.2) is 0 Å². The molecule has 0 aliphatic rings. The maximum atomic E-state index is 4.69. The molecular weight excluding hydrogens is 413 g/mol. The molecule has 0 radical (unpaired) electrons. The van der Waals surface area contributed by atoms with Crippen molar-refractivity contribution in [3.8, 4) is 0 Å². The summed E-state index contributed by atoms with van der Waals surface area (Å²) in [4.78, 5) is 9.49. The normalized spacial score (nSPS) is 13.3. The molecule has 0 rings (SSSR count). The van der Waals surface area contributed by atoms with Gasteiger partial charge in [-0.15, -0.1) is 24.0 Å². The minimum absolute atomic E-state index is 0. The Morgan fingerprint density at radius 2 is 1.67 bits per heavy atom. The van der Waals surface area contributed by atoms with Crippen molar-refractivity contribution in [2.75, 3.05) is 46.3 Å². The van der Waals surface area contributed by atoms with Crippen molar-refractivity contribution in [2.24, 2.45) is 4.99 Å². The number of nitrogens with zero attached hydrogens (tertiary/aromatic N) is 3. The average Bonchev–Trinajstić information content (AvgIpc) is 2.51. The van der Waals surface area contributed by atoms with Crippen LogP contribution in [-0.4, -0.2) is 74.2 Å². The summed E-state index contributed by atoms with van der Waals surface area (Å²) in [5, 5.41) is 6.88. The number of hydrogen-bond acceptors (Lipinski definition) is 3. The number of hydrogen-bond donors (Lipinski definition) is 2. The van der Waals surface area contributed by atoms with E-state index in [1.165, 1.54) is 19.4 Å². The predicted octanol–water partition coefficient (Wildman–Crippen LogP) is 3.01. The highest BCUT2D eigenvalue weighted by atomic mass is 127. The van der Waals surface area contributed by atoms with Gasteiger partial charge in [0.2, 0.25) is 0 Å². The Hall–Kier alpha value is -0.0800. The standard InChI is InChI=1S/C18H41N5.HI/c1-8-19-18(20-13-15-22(7)16(4)5)21-17(6)12-11-14-23(9-2)10-3;/h16-17H,8-15H2,1-7H3,(H2,19,20,21);1H. The topological polar surface area (TPSA) is 42.9 Å². The van der Waals surface area contributed by atoms with Crippen molar-refractivity contribution >= 4 is 29.9 Å². The fraction of sp³-hybridized carbons (Fsp3) is 0.944. The third-order valence-corrected chi connectivity index (χ3v) is 4.34. The van der Waals surface area contributed by atoms with Crippen LogP contribution in [0.4, 0.5) is 0 Å². The number of halogens is 1. The molecule has 0 heterocycles. The summed E-state index contributed by atoms with van der Waals surface area (Å²) in [5.74, 6) is 0.944. The van der Waals surface area contributed by atoms with Gasteiger partial charge in [0.25, 0.3) is 0 Å². The van der Waals surface area contributed by atoms with Crippen LogP contribution in [0.25, 0.3) is 0 Å². The van der Waals surface area contributed by atoms with Crippen LogP contribution < -0.4 is 10.6 Å². The van der Waals surface area contributed by atoms with Gasteiger partial charge in [0.1, 0.15) is 0 Å². The van der Waals surface area contributed by atoms with Crippen LogP contribution in [0.3, 0.4) is 0 Å². The lowest BCUT2D eigenvalue weighted by Crippen LogP contribution is -2.43. The van der Waals surface area contributed by atoms with E-state index in [-0.39, 0.29) is 24.0 Å². The van der Waals surface area contributed by atoms with Crippen molar-refractivity contribution in [2.45, 2.75) is 66.5 Å². The zero-order valence-electron chi connectivity index (χ0n) is 17.1. The summed E-state index contributed by atoms with van der Waals surface area (Å²) in [5.41, 5.74) is 0. The van der Waals surface area contributed by atoms with E-state index < -0.39 is 0 Å². The van der Waals surface area contributed by atoms with Crippen molar-refractivity contribution in [1.29, 1.82) is 0 Å². The zero-order valence-corrected chi connectivity index (χ0v) is 19.4. The molecule has 0 saturated carbocycles. The van der Waals surface area contributed by atoms with Crippen molar-refractivity contribution in [3.05, 3.63) is 0 Å². The highest BCUT2D eigenvalue weighted by molar-refractivity contribution is 14.0. The van der Waals surface area contributed by atoms with E-state index in [9.17, 15) is 0 Å².